The lowest BCUT2D eigenvalue weighted by Crippen LogP contribution is -2.35. The predicted molar refractivity (Wildman–Crippen MR) is 125 cm³/mol. The Morgan fingerprint density at radius 1 is 1.06 bits per heavy atom. The highest BCUT2D eigenvalue weighted by atomic mass is 32.1. The number of benzene rings is 1. The zero-order valence-corrected chi connectivity index (χ0v) is 20.1. The van der Waals surface area contributed by atoms with Crippen LogP contribution in [-0.2, 0) is 14.3 Å². The number of esters is 1. The number of carbonyl (C=O) groups excluding carboxylic acids is 2. The molecule has 1 aliphatic heterocycles. The highest BCUT2D eigenvalue weighted by molar-refractivity contribution is 7.10. The first-order chi connectivity index (χ1) is 15.9. The number of allylic oxidation sites excluding steroid dienone is 3. The Bertz CT molecular complexity index is 1120. The molecule has 2 atom stereocenters. The highest BCUT2D eigenvalue weighted by Gasteiger charge is 2.42. The molecule has 33 heavy (non-hydrogen) atoms. The molecule has 0 amide bonds. The van der Waals surface area contributed by atoms with Gasteiger partial charge in [-0.3, -0.25) is 4.79 Å². The highest BCUT2D eigenvalue weighted by Crippen LogP contribution is 2.49. The van der Waals surface area contributed by atoms with E-state index in [2.05, 4.69) is 11.4 Å². The molecule has 0 bridgehead atoms. The van der Waals surface area contributed by atoms with Crippen LogP contribution >= 0.6 is 11.3 Å². The molecule has 174 valence electrons. The Balaban J connectivity index is 1.89. The van der Waals surface area contributed by atoms with E-state index in [0.717, 1.165) is 5.70 Å². The van der Waals surface area contributed by atoms with Gasteiger partial charge < -0.3 is 24.3 Å². The smallest absolute Gasteiger partial charge is 0.336 e. The van der Waals surface area contributed by atoms with Crippen molar-refractivity contribution < 1.29 is 28.5 Å². The van der Waals surface area contributed by atoms with E-state index >= 15 is 0 Å². The van der Waals surface area contributed by atoms with Crippen LogP contribution in [0.4, 0.5) is 0 Å². The number of thiophene rings is 1. The van der Waals surface area contributed by atoms with Gasteiger partial charge in [0.1, 0.15) is 0 Å². The fourth-order valence-corrected chi connectivity index (χ4v) is 5.58. The Hall–Kier alpha value is -3.26. The predicted octanol–water partition coefficient (Wildman–Crippen LogP) is 4.31. The first-order valence-corrected chi connectivity index (χ1v) is 11.5. The van der Waals surface area contributed by atoms with Crippen molar-refractivity contribution in [3.05, 3.63) is 62.6 Å². The quantitative estimate of drug-likeness (QED) is 0.631. The second-order valence-corrected chi connectivity index (χ2v) is 8.96. The topological polar surface area (TPSA) is 83.1 Å². The SMILES string of the molecule is COC(=O)C1=C(C)NC2=C(C(=O)C[C@@H](c3cccs3)C2)[C@@H]1c1cc(OC)c(OC)c(OC)c1. The van der Waals surface area contributed by atoms with Crippen LogP contribution in [0, 0.1) is 0 Å². The molecule has 0 saturated heterocycles. The van der Waals surface area contributed by atoms with Gasteiger partial charge in [0.2, 0.25) is 5.75 Å². The molecule has 7 nitrogen and oxygen atoms in total. The molecule has 2 heterocycles. The van der Waals surface area contributed by atoms with Crippen LogP contribution < -0.4 is 19.5 Å². The standard InChI is InChI=1S/C25H27NO6S/c1-13-21(25(28)32-5)22(15-11-18(29-2)24(31-4)19(12-15)30-3)23-16(26-13)9-14(10-17(23)27)20-7-6-8-33-20/h6-8,11-12,14,22,26H,9-10H2,1-5H3/t14-,22+/m0/s1. The molecule has 0 unspecified atom stereocenters. The van der Waals surface area contributed by atoms with E-state index in [0.29, 0.717) is 52.5 Å². The zero-order chi connectivity index (χ0) is 23.7. The van der Waals surface area contributed by atoms with Crippen molar-refractivity contribution in [1.29, 1.82) is 0 Å². The van der Waals surface area contributed by atoms with Crippen molar-refractivity contribution in [2.75, 3.05) is 28.4 Å². The van der Waals surface area contributed by atoms with Crippen molar-refractivity contribution in [3.8, 4) is 17.2 Å². The maximum absolute atomic E-state index is 13.6. The summed E-state index contributed by atoms with van der Waals surface area (Å²) in [6.07, 6.45) is 1.07. The van der Waals surface area contributed by atoms with Crippen LogP contribution in [0.2, 0.25) is 0 Å². The van der Waals surface area contributed by atoms with Crippen LogP contribution in [-0.4, -0.2) is 40.2 Å². The fraction of sp³-hybridized carbons (Fsp3) is 0.360. The van der Waals surface area contributed by atoms with Gasteiger partial charge in [-0.1, -0.05) is 6.07 Å². The van der Waals surface area contributed by atoms with Crippen LogP contribution in [0.25, 0.3) is 0 Å². The third-order valence-electron chi connectivity index (χ3n) is 6.20. The summed E-state index contributed by atoms with van der Waals surface area (Å²) in [5.41, 5.74) is 3.19. The van der Waals surface area contributed by atoms with Crippen molar-refractivity contribution in [2.45, 2.75) is 31.6 Å². The minimum atomic E-state index is -0.612. The largest absolute Gasteiger partial charge is 0.493 e. The monoisotopic (exact) mass is 469 g/mol. The maximum atomic E-state index is 13.6. The van der Waals surface area contributed by atoms with E-state index in [9.17, 15) is 9.59 Å². The first-order valence-electron chi connectivity index (χ1n) is 10.6. The maximum Gasteiger partial charge on any atom is 0.336 e. The number of hydrogen-bond acceptors (Lipinski definition) is 8. The molecule has 8 heteroatoms. The van der Waals surface area contributed by atoms with Crippen LogP contribution in [0.1, 0.15) is 42.0 Å². The number of rotatable bonds is 6. The van der Waals surface area contributed by atoms with E-state index in [4.69, 9.17) is 18.9 Å². The Kier molecular flexibility index (Phi) is 6.47. The number of nitrogens with one attached hydrogen (secondary N) is 1. The molecular weight excluding hydrogens is 442 g/mol. The molecule has 2 aromatic rings. The van der Waals surface area contributed by atoms with Crippen LogP contribution in [0.15, 0.2) is 52.2 Å². The van der Waals surface area contributed by atoms with Crippen molar-refractivity contribution in [1.82, 2.24) is 5.32 Å². The third-order valence-corrected chi connectivity index (χ3v) is 7.23. The average molecular weight is 470 g/mol. The number of carbonyl (C=O) groups is 2. The number of ether oxygens (including phenoxy) is 4. The van der Waals surface area contributed by atoms with E-state index in [1.807, 2.05) is 18.4 Å². The first kappa shape index (κ1) is 22.9. The van der Waals surface area contributed by atoms with E-state index in [1.165, 1.54) is 33.3 Å². The van der Waals surface area contributed by atoms with E-state index in [-0.39, 0.29) is 11.7 Å². The lowest BCUT2D eigenvalue weighted by atomic mass is 9.72. The van der Waals surface area contributed by atoms with Crippen molar-refractivity contribution in [3.63, 3.8) is 0 Å². The summed E-state index contributed by atoms with van der Waals surface area (Å²) in [6.45, 7) is 1.83. The summed E-state index contributed by atoms with van der Waals surface area (Å²) in [6, 6.07) is 7.64. The summed E-state index contributed by atoms with van der Waals surface area (Å²) < 4.78 is 21.6. The molecule has 1 aromatic carbocycles. The second kappa shape index (κ2) is 9.31. The molecule has 0 radical (unpaired) electrons. The van der Waals surface area contributed by atoms with Gasteiger partial charge >= 0.3 is 5.97 Å². The molecule has 0 saturated carbocycles. The van der Waals surface area contributed by atoms with Gasteiger partial charge in [0, 0.05) is 40.1 Å². The minimum absolute atomic E-state index is 0.00908. The Labute approximate surface area is 197 Å². The van der Waals surface area contributed by atoms with E-state index < -0.39 is 11.9 Å². The van der Waals surface area contributed by atoms with Gasteiger partial charge in [-0.15, -0.1) is 11.3 Å². The Morgan fingerprint density at radius 2 is 1.76 bits per heavy atom. The molecule has 2 aliphatic rings. The average Bonchev–Trinajstić information content (AvgIpc) is 3.36. The van der Waals surface area contributed by atoms with Gasteiger partial charge in [-0.25, -0.2) is 4.79 Å². The normalized spacial score (nSPS) is 20.2. The second-order valence-electron chi connectivity index (χ2n) is 7.98. The molecule has 1 aliphatic carbocycles. The molecule has 1 aromatic heterocycles. The number of methoxy groups -OCH3 is 4. The fourth-order valence-electron chi connectivity index (χ4n) is 4.75. The lowest BCUT2D eigenvalue weighted by Gasteiger charge is -2.36. The third kappa shape index (κ3) is 3.99. The molecule has 1 N–H and O–H groups in total. The lowest BCUT2D eigenvalue weighted by molar-refractivity contribution is -0.136. The number of dihydropyridines is 1. The summed E-state index contributed by atoms with van der Waals surface area (Å²) in [4.78, 5) is 27.6. The van der Waals surface area contributed by atoms with Gasteiger partial charge in [-0.05, 0) is 42.5 Å². The van der Waals surface area contributed by atoms with Crippen LogP contribution in [0.3, 0.4) is 0 Å². The summed E-state index contributed by atoms with van der Waals surface area (Å²) in [5.74, 6) is 0.368. The van der Waals surface area contributed by atoms with Crippen molar-refractivity contribution in [2.24, 2.45) is 0 Å². The number of hydrogen-bond donors (Lipinski definition) is 1. The summed E-state index contributed by atoms with van der Waals surface area (Å²) in [5, 5.41) is 5.37. The number of ketones is 1. The van der Waals surface area contributed by atoms with Gasteiger partial charge in [0.15, 0.2) is 17.3 Å². The number of Topliss-reactive ketones (excluding diaryl/α,β-unsaturated/α-hetero) is 1. The van der Waals surface area contributed by atoms with Gasteiger partial charge in [0.25, 0.3) is 0 Å². The van der Waals surface area contributed by atoms with Gasteiger partial charge in [-0.2, -0.15) is 0 Å². The van der Waals surface area contributed by atoms with E-state index in [1.54, 1.807) is 23.5 Å². The molecule has 0 fully saturated rings. The molecular formula is C25H27NO6S. The summed E-state index contributed by atoms with van der Waals surface area (Å²) in [7, 11) is 5.95. The van der Waals surface area contributed by atoms with Gasteiger partial charge in [0.05, 0.1) is 34.0 Å². The molecule has 0 spiro atoms. The van der Waals surface area contributed by atoms with Crippen LogP contribution in [0.5, 0.6) is 17.2 Å². The minimum Gasteiger partial charge on any atom is -0.493 e. The molecule has 4 rings (SSSR count). The zero-order valence-electron chi connectivity index (χ0n) is 19.3. The van der Waals surface area contributed by atoms with Crippen molar-refractivity contribution >= 4 is 23.1 Å². The summed E-state index contributed by atoms with van der Waals surface area (Å²) >= 11 is 1.66. The Morgan fingerprint density at radius 3 is 2.30 bits per heavy atom.